The molecule has 2 heterocycles. The van der Waals surface area contributed by atoms with E-state index in [1.54, 1.807) is 6.07 Å². The van der Waals surface area contributed by atoms with Crippen LogP contribution in [0, 0.1) is 6.92 Å². The van der Waals surface area contributed by atoms with E-state index >= 15 is 0 Å². The van der Waals surface area contributed by atoms with E-state index in [2.05, 4.69) is 9.97 Å². The van der Waals surface area contributed by atoms with Gasteiger partial charge >= 0.3 is 57.4 Å². The number of hydrogen-bond donors (Lipinski definition) is 1. The van der Waals surface area contributed by atoms with Crippen LogP contribution in [-0.4, -0.2) is 22.6 Å². The van der Waals surface area contributed by atoms with Crippen LogP contribution in [0.2, 0.25) is 5.15 Å². The van der Waals surface area contributed by atoms with Crippen molar-refractivity contribution in [1.82, 2.24) is 9.97 Å². The summed E-state index contributed by atoms with van der Waals surface area (Å²) >= 11 is 5.78. The van der Waals surface area contributed by atoms with Crippen LogP contribution in [0.3, 0.4) is 0 Å². The number of aromatic amines is 1. The number of carbonyl (C=O) groups excluding carboxylic acids is 1. The Kier molecular flexibility index (Phi) is 5.55. The van der Waals surface area contributed by atoms with Crippen molar-refractivity contribution in [3.63, 3.8) is 0 Å². The molecular formula is C10H9ClFKN2O2. The standard InChI is InChI=1S/C10H8ClFN2O2.K.H/c1-5-2-7(11)14-10-6(4-13-9(5)10)16-8(15)3-12;;/h2,4,13H,3H2,1H3;;/q;+1;-1. The van der Waals surface area contributed by atoms with Gasteiger partial charge in [-0.3, -0.25) is 0 Å². The number of halogens is 2. The molecular weight excluding hydrogens is 274 g/mol. The predicted octanol–water partition coefficient (Wildman–Crippen LogP) is -0.484. The number of nitrogens with one attached hydrogen (secondary N) is 1. The molecule has 0 aliphatic rings. The molecule has 86 valence electrons. The molecule has 0 amide bonds. The molecule has 2 rings (SSSR count). The number of hydrogen-bond acceptors (Lipinski definition) is 3. The summed E-state index contributed by atoms with van der Waals surface area (Å²) in [6.45, 7) is 0.666. The van der Waals surface area contributed by atoms with Crippen LogP contribution in [0.5, 0.6) is 5.75 Å². The fraction of sp³-hybridized carbons (Fsp3) is 0.200. The molecule has 0 saturated heterocycles. The molecule has 2 aromatic heterocycles. The number of esters is 1. The zero-order valence-electron chi connectivity index (χ0n) is 10.4. The largest absolute Gasteiger partial charge is 1.00 e. The number of H-pyrrole nitrogens is 1. The molecule has 2 aromatic rings. The van der Waals surface area contributed by atoms with Gasteiger partial charge in [0.1, 0.15) is 10.7 Å². The van der Waals surface area contributed by atoms with Crippen molar-refractivity contribution in [2.45, 2.75) is 6.92 Å². The zero-order valence-corrected chi connectivity index (χ0v) is 13.3. The summed E-state index contributed by atoms with van der Waals surface area (Å²) in [6.07, 6.45) is 1.45. The van der Waals surface area contributed by atoms with Crippen molar-refractivity contribution in [3.05, 3.63) is 23.0 Å². The van der Waals surface area contributed by atoms with Crippen molar-refractivity contribution >= 4 is 28.6 Å². The number of pyridine rings is 1. The van der Waals surface area contributed by atoms with Crippen LogP contribution < -0.4 is 56.1 Å². The molecule has 0 aliphatic heterocycles. The minimum atomic E-state index is -1.17. The molecule has 7 heteroatoms. The summed E-state index contributed by atoms with van der Waals surface area (Å²) in [5.41, 5.74) is 2.01. The van der Waals surface area contributed by atoms with Crippen LogP contribution in [0.4, 0.5) is 4.39 Å². The van der Waals surface area contributed by atoms with Gasteiger partial charge < -0.3 is 11.1 Å². The fourth-order valence-electron chi connectivity index (χ4n) is 1.43. The molecule has 0 radical (unpaired) electrons. The monoisotopic (exact) mass is 282 g/mol. The van der Waals surface area contributed by atoms with Gasteiger partial charge in [0, 0.05) is 6.20 Å². The molecule has 0 aliphatic carbocycles. The zero-order chi connectivity index (χ0) is 11.7. The van der Waals surface area contributed by atoms with Crippen molar-refractivity contribution < 1.29 is 66.7 Å². The Morgan fingerprint density at radius 3 is 3.06 bits per heavy atom. The van der Waals surface area contributed by atoms with Gasteiger partial charge in [-0.2, -0.15) is 0 Å². The maximum atomic E-state index is 12.0. The van der Waals surface area contributed by atoms with Gasteiger partial charge in [0.2, 0.25) is 0 Å². The third-order valence-electron chi connectivity index (χ3n) is 2.10. The van der Waals surface area contributed by atoms with Crippen molar-refractivity contribution in [2.24, 2.45) is 0 Å². The number of fused-ring (bicyclic) bond motifs is 1. The Balaban J connectivity index is 0.00000144. The van der Waals surface area contributed by atoms with Gasteiger partial charge in [0.05, 0.1) is 5.52 Å². The van der Waals surface area contributed by atoms with E-state index in [0.29, 0.717) is 16.2 Å². The smallest absolute Gasteiger partial charge is 1.00 e. The molecule has 0 saturated carbocycles. The van der Waals surface area contributed by atoms with Crippen LogP contribution >= 0.6 is 11.6 Å². The quantitative estimate of drug-likeness (QED) is 0.460. The fourth-order valence-corrected chi connectivity index (χ4v) is 1.68. The van der Waals surface area contributed by atoms with Gasteiger partial charge in [-0.15, -0.1) is 0 Å². The molecule has 4 nitrogen and oxygen atoms in total. The Morgan fingerprint density at radius 1 is 1.71 bits per heavy atom. The Bertz CT molecular complexity index is 564. The molecule has 17 heavy (non-hydrogen) atoms. The Labute approximate surface area is 146 Å². The summed E-state index contributed by atoms with van der Waals surface area (Å²) in [6, 6.07) is 1.68. The van der Waals surface area contributed by atoms with E-state index in [9.17, 15) is 9.18 Å². The molecule has 0 unspecified atom stereocenters. The van der Waals surface area contributed by atoms with E-state index in [4.69, 9.17) is 16.3 Å². The predicted molar refractivity (Wildman–Crippen MR) is 58.6 cm³/mol. The van der Waals surface area contributed by atoms with Crippen molar-refractivity contribution in [3.8, 4) is 5.75 Å². The number of rotatable bonds is 2. The molecule has 0 fully saturated rings. The SMILES string of the molecule is Cc1cc(Cl)nc2c(OC(=O)CF)c[nH]c12.[H-].[K+]. The first kappa shape index (κ1) is 15.1. The average molecular weight is 283 g/mol. The second kappa shape index (κ2) is 6.26. The molecule has 0 spiro atoms. The summed E-state index contributed by atoms with van der Waals surface area (Å²) in [5, 5.41) is 0.294. The van der Waals surface area contributed by atoms with Crippen LogP contribution in [0.25, 0.3) is 11.0 Å². The van der Waals surface area contributed by atoms with Crippen molar-refractivity contribution in [1.29, 1.82) is 0 Å². The minimum absolute atomic E-state index is 0. The number of carbonyl (C=O) groups is 1. The first-order chi connectivity index (χ1) is 7.61. The molecule has 1 N–H and O–H groups in total. The van der Waals surface area contributed by atoms with Crippen LogP contribution in [0.1, 0.15) is 6.99 Å². The topological polar surface area (TPSA) is 55.0 Å². The number of ether oxygens (including phenoxy) is 1. The first-order valence-electron chi connectivity index (χ1n) is 4.52. The van der Waals surface area contributed by atoms with E-state index in [0.717, 1.165) is 5.56 Å². The van der Waals surface area contributed by atoms with Gasteiger partial charge in [-0.25, -0.2) is 14.2 Å². The third kappa shape index (κ3) is 3.27. The number of aromatic nitrogens is 2. The summed E-state index contributed by atoms with van der Waals surface area (Å²) in [7, 11) is 0. The Morgan fingerprint density at radius 2 is 2.41 bits per heavy atom. The number of alkyl halides is 1. The second-order valence-electron chi connectivity index (χ2n) is 3.25. The van der Waals surface area contributed by atoms with Crippen molar-refractivity contribution in [2.75, 3.05) is 6.67 Å². The van der Waals surface area contributed by atoms with E-state index < -0.39 is 12.6 Å². The Hall–Kier alpha value is 0.0164. The van der Waals surface area contributed by atoms with E-state index in [1.165, 1.54) is 6.20 Å². The van der Waals surface area contributed by atoms with Crippen LogP contribution in [-0.2, 0) is 4.79 Å². The average Bonchev–Trinajstić information content (AvgIpc) is 2.61. The second-order valence-corrected chi connectivity index (χ2v) is 3.63. The molecule has 0 aromatic carbocycles. The van der Waals surface area contributed by atoms with Gasteiger partial charge in [0.25, 0.3) is 0 Å². The maximum Gasteiger partial charge on any atom is 1.00 e. The number of aryl methyl sites for hydroxylation is 1. The van der Waals surface area contributed by atoms with Gasteiger partial charge in [-0.05, 0) is 18.6 Å². The van der Waals surface area contributed by atoms with Gasteiger partial charge in [-0.1, -0.05) is 11.6 Å². The normalized spacial score (nSPS) is 10.1. The third-order valence-corrected chi connectivity index (χ3v) is 2.29. The van der Waals surface area contributed by atoms with E-state index in [-0.39, 0.29) is 58.6 Å². The molecule has 0 atom stereocenters. The summed E-state index contributed by atoms with van der Waals surface area (Å²) < 4.78 is 16.8. The van der Waals surface area contributed by atoms with E-state index in [1.807, 2.05) is 6.92 Å². The summed E-state index contributed by atoms with van der Waals surface area (Å²) in [5.74, 6) is -0.774. The summed E-state index contributed by atoms with van der Waals surface area (Å²) in [4.78, 5) is 17.7. The number of nitrogens with zero attached hydrogens (tertiary/aromatic N) is 1. The molecule has 0 bridgehead atoms. The first-order valence-corrected chi connectivity index (χ1v) is 4.90. The maximum absolute atomic E-state index is 12.0. The minimum Gasteiger partial charge on any atom is -1.00 e. The van der Waals surface area contributed by atoms with Crippen LogP contribution in [0.15, 0.2) is 12.3 Å². The van der Waals surface area contributed by atoms with Gasteiger partial charge in [0.15, 0.2) is 12.4 Å².